The number of ether oxygens (including phenoxy) is 1. The van der Waals surface area contributed by atoms with Crippen molar-refractivity contribution in [1.82, 2.24) is 24.3 Å². The molecule has 42 heavy (non-hydrogen) atoms. The van der Waals surface area contributed by atoms with Crippen LogP contribution in [0.2, 0.25) is 0 Å². The molecule has 3 aliphatic heterocycles. The number of methoxy groups -OCH3 is 1. The van der Waals surface area contributed by atoms with Gasteiger partial charge in [0.1, 0.15) is 29.6 Å². The van der Waals surface area contributed by atoms with Crippen LogP contribution in [0.15, 0.2) is 66.4 Å². The minimum absolute atomic E-state index is 0.0553. The number of fused-ring (bicyclic) bond motifs is 2. The third-order valence-corrected chi connectivity index (χ3v) is 9.57. The average molecular weight is 584 g/mol. The molecule has 1 atom stereocenters. The standard InChI is InChI=1S/C31H33N7O3S/c1-41-23-6-7-24-21(18-23)8-14-37(31(40)34-24)22-9-12-36(13-10-22)28-19-25(32-20-33-28)30(39)38-16-15-35-11-2-4-26(35)29(38)27-5-3-17-42-27/h2-7,11,17-20,22,29H,8-10,12-16H2,1H3,(H,34,40). The minimum Gasteiger partial charge on any atom is -0.497 e. The van der Waals surface area contributed by atoms with Gasteiger partial charge in [0, 0.05) is 67.3 Å². The molecule has 1 saturated heterocycles. The zero-order valence-electron chi connectivity index (χ0n) is 23.5. The molecular formula is C31H33N7O3S. The molecule has 3 aromatic heterocycles. The van der Waals surface area contributed by atoms with Gasteiger partial charge < -0.3 is 29.3 Å². The van der Waals surface area contributed by atoms with Gasteiger partial charge in [-0.25, -0.2) is 14.8 Å². The van der Waals surface area contributed by atoms with Crippen LogP contribution in [0.4, 0.5) is 16.3 Å². The predicted octanol–water partition coefficient (Wildman–Crippen LogP) is 4.65. The molecule has 10 nitrogen and oxygen atoms in total. The van der Waals surface area contributed by atoms with E-state index >= 15 is 0 Å². The topological polar surface area (TPSA) is 95.8 Å². The van der Waals surface area contributed by atoms with Crippen molar-refractivity contribution in [2.75, 3.05) is 43.5 Å². The van der Waals surface area contributed by atoms with E-state index in [0.717, 1.165) is 72.3 Å². The number of carbonyl (C=O) groups is 2. The quantitative estimate of drug-likeness (QED) is 0.368. The van der Waals surface area contributed by atoms with Gasteiger partial charge in [0.25, 0.3) is 5.91 Å². The van der Waals surface area contributed by atoms with Crippen LogP contribution in [0, 0.1) is 0 Å². The number of benzene rings is 1. The molecule has 6 heterocycles. The van der Waals surface area contributed by atoms with Gasteiger partial charge in [-0.1, -0.05) is 6.07 Å². The van der Waals surface area contributed by atoms with E-state index in [2.05, 4.69) is 48.5 Å². The summed E-state index contributed by atoms with van der Waals surface area (Å²) in [6.45, 7) is 3.52. The SMILES string of the molecule is COc1ccc2c(c1)CCN(C1CCN(c3cc(C(=O)N4CCn5cccc5C4c4cccs4)ncn3)CC1)C(=O)N2. The lowest BCUT2D eigenvalue weighted by molar-refractivity contribution is 0.0661. The van der Waals surface area contributed by atoms with Gasteiger partial charge in [-0.05, 0) is 66.6 Å². The summed E-state index contributed by atoms with van der Waals surface area (Å²) in [7, 11) is 1.65. The maximum atomic E-state index is 13.9. The van der Waals surface area contributed by atoms with E-state index in [0.29, 0.717) is 18.8 Å². The summed E-state index contributed by atoms with van der Waals surface area (Å²) in [6.07, 6.45) is 6.00. The Balaban J connectivity index is 1.04. The smallest absolute Gasteiger partial charge is 0.322 e. The van der Waals surface area contributed by atoms with Crippen LogP contribution < -0.4 is 15.0 Å². The number of carbonyl (C=O) groups excluding carboxylic acids is 2. The molecule has 0 bridgehead atoms. The molecule has 1 unspecified atom stereocenters. The number of hydrogen-bond acceptors (Lipinski definition) is 7. The maximum absolute atomic E-state index is 13.9. The molecule has 0 saturated carbocycles. The molecule has 0 aliphatic carbocycles. The Bertz CT molecular complexity index is 1600. The largest absolute Gasteiger partial charge is 0.497 e. The fraction of sp³-hybridized carbons (Fsp3) is 0.355. The monoisotopic (exact) mass is 583 g/mol. The normalized spacial score (nSPS) is 19.1. The lowest BCUT2D eigenvalue weighted by Crippen LogP contribution is -2.49. The summed E-state index contributed by atoms with van der Waals surface area (Å²) in [5, 5.41) is 5.14. The highest BCUT2D eigenvalue weighted by molar-refractivity contribution is 7.10. The number of urea groups is 1. The summed E-state index contributed by atoms with van der Waals surface area (Å²) in [4.78, 5) is 43.2. The molecule has 1 fully saturated rings. The lowest BCUT2D eigenvalue weighted by atomic mass is 10.0. The van der Waals surface area contributed by atoms with E-state index < -0.39 is 0 Å². The van der Waals surface area contributed by atoms with Gasteiger partial charge in [-0.2, -0.15) is 0 Å². The molecule has 7 rings (SSSR count). The van der Waals surface area contributed by atoms with Crippen molar-refractivity contribution in [3.8, 4) is 5.75 Å². The highest BCUT2D eigenvalue weighted by Crippen LogP contribution is 2.36. The van der Waals surface area contributed by atoms with E-state index in [1.165, 1.54) is 6.33 Å². The Morgan fingerprint density at radius 2 is 1.90 bits per heavy atom. The lowest BCUT2D eigenvalue weighted by Gasteiger charge is -2.38. The van der Waals surface area contributed by atoms with Gasteiger partial charge >= 0.3 is 6.03 Å². The average Bonchev–Trinajstić information content (AvgIpc) is 3.71. The number of aromatic nitrogens is 3. The second-order valence-corrected chi connectivity index (χ2v) is 11.9. The third-order valence-electron chi connectivity index (χ3n) is 8.65. The van der Waals surface area contributed by atoms with Gasteiger partial charge in [0.05, 0.1) is 7.11 Å². The summed E-state index contributed by atoms with van der Waals surface area (Å²) in [5.74, 6) is 1.46. The van der Waals surface area contributed by atoms with E-state index in [4.69, 9.17) is 4.74 Å². The first kappa shape index (κ1) is 26.5. The van der Waals surface area contributed by atoms with Gasteiger partial charge in [-0.15, -0.1) is 11.3 Å². The summed E-state index contributed by atoms with van der Waals surface area (Å²) >= 11 is 1.66. The van der Waals surface area contributed by atoms with Gasteiger partial charge in [0.15, 0.2) is 0 Å². The minimum atomic E-state index is -0.137. The van der Waals surface area contributed by atoms with Crippen molar-refractivity contribution in [3.63, 3.8) is 0 Å². The molecule has 1 aromatic carbocycles. The number of anilines is 2. The van der Waals surface area contributed by atoms with E-state index in [1.807, 2.05) is 46.2 Å². The van der Waals surface area contributed by atoms with Crippen LogP contribution in [0.3, 0.4) is 0 Å². The van der Waals surface area contributed by atoms with E-state index in [1.54, 1.807) is 18.4 Å². The van der Waals surface area contributed by atoms with Crippen LogP contribution in [0.25, 0.3) is 0 Å². The molecule has 0 spiro atoms. The first-order valence-corrected chi connectivity index (χ1v) is 15.3. The van der Waals surface area contributed by atoms with Crippen LogP contribution in [-0.2, 0) is 13.0 Å². The summed E-state index contributed by atoms with van der Waals surface area (Å²) in [6, 6.07) is 15.8. The highest BCUT2D eigenvalue weighted by Gasteiger charge is 2.35. The van der Waals surface area contributed by atoms with Crippen molar-refractivity contribution < 1.29 is 14.3 Å². The first-order chi connectivity index (χ1) is 20.6. The Morgan fingerprint density at radius 1 is 1.02 bits per heavy atom. The van der Waals surface area contributed by atoms with Gasteiger partial charge in [0.2, 0.25) is 0 Å². The number of amides is 3. The maximum Gasteiger partial charge on any atom is 0.322 e. The number of nitrogens with zero attached hydrogens (tertiary/aromatic N) is 6. The highest BCUT2D eigenvalue weighted by atomic mass is 32.1. The van der Waals surface area contributed by atoms with Crippen LogP contribution >= 0.6 is 11.3 Å². The molecule has 3 aliphatic rings. The molecule has 0 radical (unpaired) electrons. The van der Waals surface area contributed by atoms with Crippen molar-refractivity contribution in [3.05, 3.63) is 88.3 Å². The predicted molar refractivity (Wildman–Crippen MR) is 161 cm³/mol. The Labute approximate surface area is 248 Å². The second kappa shape index (κ2) is 11.1. The van der Waals surface area contributed by atoms with E-state index in [9.17, 15) is 9.59 Å². The summed E-state index contributed by atoms with van der Waals surface area (Å²) < 4.78 is 7.59. The Kier molecular flexibility index (Phi) is 7.02. The van der Waals surface area contributed by atoms with Crippen LogP contribution in [0.5, 0.6) is 5.75 Å². The number of nitrogens with one attached hydrogen (secondary N) is 1. The van der Waals surface area contributed by atoms with Crippen molar-refractivity contribution in [1.29, 1.82) is 0 Å². The molecule has 1 N–H and O–H groups in total. The number of piperidine rings is 1. The van der Waals surface area contributed by atoms with Crippen LogP contribution in [0.1, 0.15) is 45.5 Å². The Morgan fingerprint density at radius 3 is 2.71 bits per heavy atom. The van der Waals surface area contributed by atoms with Crippen molar-refractivity contribution >= 4 is 34.8 Å². The fourth-order valence-electron chi connectivity index (χ4n) is 6.44. The molecular weight excluding hydrogens is 550 g/mol. The summed E-state index contributed by atoms with van der Waals surface area (Å²) in [5.41, 5.74) is 3.46. The molecule has 3 amide bonds. The van der Waals surface area contributed by atoms with Crippen molar-refractivity contribution in [2.45, 2.75) is 37.9 Å². The van der Waals surface area contributed by atoms with E-state index in [-0.39, 0.29) is 24.0 Å². The molecule has 4 aromatic rings. The number of thiophene rings is 1. The number of hydrogen-bond donors (Lipinski definition) is 1. The molecule has 216 valence electrons. The van der Waals surface area contributed by atoms with Crippen molar-refractivity contribution in [2.24, 2.45) is 0 Å². The zero-order chi connectivity index (χ0) is 28.6. The van der Waals surface area contributed by atoms with Gasteiger partial charge in [-0.3, -0.25) is 4.79 Å². The number of rotatable bonds is 5. The van der Waals surface area contributed by atoms with Crippen LogP contribution in [-0.4, -0.2) is 75.6 Å². The first-order valence-electron chi connectivity index (χ1n) is 14.4. The zero-order valence-corrected chi connectivity index (χ0v) is 24.3. The second-order valence-electron chi connectivity index (χ2n) is 10.9. The third kappa shape index (κ3) is 4.87. The fourth-order valence-corrected chi connectivity index (χ4v) is 7.29. The molecule has 11 heteroatoms. The Hall–Kier alpha value is -4.38.